The second-order valence-corrected chi connectivity index (χ2v) is 15.0. The Morgan fingerprint density at radius 2 is 1.57 bits per heavy atom. The molecule has 2 aliphatic rings. The van der Waals surface area contributed by atoms with Crippen LogP contribution in [0.4, 0.5) is 13.2 Å². The Morgan fingerprint density at radius 1 is 0.978 bits per heavy atom. The van der Waals surface area contributed by atoms with Crippen molar-refractivity contribution >= 4 is 23.5 Å². The molecule has 2 aromatic rings. The molecule has 1 aliphatic carbocycles. The predicted octanol–water partition coefficient (Wildman–Crippen LogP) is 8.04. The number of carboxylic acids is 1. The average molecular weight is 642 g/mol. The van der Waals surface area contributed by atoms with Crippen LogP contribution in [-0.4, -0.2) is 45.7 Å². The monoisotopic (exact) mass is 641 g/mol. The van der Waals surface area contributed by atoms with E-state index in [0.29, 0.717) is 36.3 Å². The van der Waals surface area contributed by atoms with Gasteiger partial charge in [-0.15, -0.1) is 0 Å². The van der Waals surface area contributed by atoms with Crippen molar-refractivity contribution in [2.24, 2.45) is 21.7 Å². The fraction of sp³-hybridized carbons (Fsp3) is 0.556. The van der Waals surface area contributed by atoms with Gasteiger partial charge in [-0.1, -0.05) is 65.8 Å². The topological polar surface area (TPSA) is 99.1 Å². The lowest BCUT2D eigenvalue weighted by Gasteiger charge is -2.47. The molecule has 7 nitrogen and oxygen atoms in total. The summed E-state index contributed by atoms with van der Waals surface area (Å²) in [6.07, 6.45) is -0.265. The van der Waals surface area contributed by atoms with Gasteiger partial charge in [-0.2, -0.15) is 13.2 Å². The molecule has 0 saturated heterocycles. The zero-order chi connectivity index (χ0) is 34.1. The molecule has 1 fully saturated rings. The van der Waals surface area contributed by atoms with Crippen LogP contribution in [0.2, 0.25) is 0 Å². The van der Waals surface area contributed by atoms with Gasteiger partial charge in [0.1, 0.15) is 11.4 Å². The van der Waals surface area contributed by atoms with Gasteiger partial charge in [-0.25, -0.2) is 0 Å². The third kappa shape index (κ3) is 8.17. The summed E-state index contributed by atoms with van der Waals surface area (Å²) >= 11 is 0. The van der Waals surface area contributed by atoms with E-state index in [1.807, 2.05) is 17.0 Å². The Morgan fingerprint density at radius 3 is 2.07 bits per heavy atom. The maximum atomic E-state index is 14.5. The number of hydrogen-bond acceptors (Lipinski definition) is 4. The quantitative estimate of drug-likeness (QED) is 0.290. The third-order valence-corrected chi connectivity index (χ3v) is 9.35. The van der Waals surface area contributed by atoms with Gasteiger partial charge in [0.05, 0.1) is 18.0 Å². The maximum Gasteiger partial charge on any atom is 0.416 e. The van der Waals surface area contributed by atoms with Crippen molar-refractivity contribution in [1.29, 1.82) is 0 Å². The van der Waals surface area contributed by atoms with Crippen LogP contribution >= 0.6 is 0 Å². The summed E-state index contributed by atoms with van der Waals surface area (Å²) in [5.74, 6) is -1.26. The van der Waals surface area contributed by atoms with Gasteiger partial charge < -0.3 is 15.3 Å². The Kier molecular flexibility index (Phi) is 10.1. The molecule has 1 saturated carbocycles. The molecule has 10 heteroatoms. The Balaban J connectivity index is 1.74. The van der Waals surface area contributed by atoms with Crippen LogP contribution in [0.5, 0.6) is 0 Å². The van der Waals surface area contributed by atoms with Crippen LogP contribution in [0.1, 0.15) is 120 Å². The van der Waals surface area contributed by atoms with Crippen LogP contribution in [0.25, 0.3) is 0 Å². The number of carbonyl (C=O) groups excluding carboxylic acids is 2. The molecule has 1 atom stereocenters. The van der Waals surface area contributed by atoms with Gasteiger partial charge in [-0.3, -0.25) is 19.4 Å². The Hall–Kier alpha value is -3.69. The smallest absolute Gasteiger partial charge is 0.416 e. The fourth-order valence-corrected chi connectivity index (χ4v) is 6.60. The minimum absolute atomic E-state index is 0.00848. The number of rotatable bonds is 9. The molecule has 2 amide bonds. The SMILES string of the molecule is CC(C)(C)CCC(c1ccc(C(=O)NCCC(=O)O)cc1)N1C(=O)C(c2ccc(C(F)(F)F)cc2)=NC12CCC(C(C)(C)C)CC2. The highest BCUT2D eigenvalue weighted by molar-refractivity contribution is 6.46. The summed E-state index contributed by atoms with van der Waals surface area (Å²) in [6.45, 7) is 13.1. The van der Waals surface area contributed by atoms with Gasteiger partial charge in [0.15, 0.2) is 0 Å². The largest absolute Gasteiger partial charge is 0.481 e. The highest BCUT2D eigenvalue weighted by Crippen LogP contribution is 2.50. The van der Waals surface area contributed by atoms with Gasteiger partial charge >= 0.3 is 12.1 Å². The summed E-state index contributed by atoms with van der Waals surface area (Å²) in [5.41, 5.74) is 0.167. The van der Waals surface area contributed by atoms with Crippen molar-refractivity contribution in [2.45, 2.75) is 104 Å². The molecule has 46 heavy (non-hydrogen) atoms. The van der Waals surface area contributed by atoms with Crippen LogP contribution in [0.3, 0.4) is 0 Å². The molecule has 0 radical (unpaired) electrons. The van der Waals surface area contributed by atoms with Crippen molar-refractivity contribution < 1.29 is 32.7 Å². The van der Waals surface area contributed by atoms with E-state index in [4.69, 9.17) is 10.1 Å². The zero-order valence-corrected chi connectivity index (χ0v) is 27.6. The number of benzene rings is 2. The van der Waals surface area contributed by atoms with Gasteiger partial charge in [0.2, 0.25) is 0 Å². The van der Waals surface area contributed by atoms with Crippen molar-refractivity contribution in [3.8, 4) is 0 Å². The lowest BCUT2D eigenvalue weighted by Crippen LogP contribution is -2.51. The predicted molar refractivity (Wildman–Crippen MR) is 171 cm³/mol. The Bertz CT molecular complexity index is 1440. The van der Waals surface area contributed by atoms with Crippen molar-refractivity contribution in [3.05, 3.63) is 70.8 Å². The second-order valence-electron chi connectivity index (χ2n) is 15.0. The summed E-state index contributed by atoms with van der Waals surface area (Å²) in [4.78, 5) is 45.0. The first-order chi connectivity index (χ1) is 21.3. The van der Waals surface area contributed by atoms with Crippen LogP contribution in [0.15, 0.2) is 53.5 Å². The van der Waals surface area contributed by atoms with E-state index in [1.54, 1.807) is 12.1 Å². The number of amides is 2. The number of aliphatic carboxylic acids is 1. The van der Waals surface area contributed by atoms with E-state index < -0.39 is 29.4 Å². The lowest BCUT2D eigenvalue weighted by molar-refractivity contribution is -0.138. The molecular weight excluding hydrogens is 595 g/mol. The van der Waals surface area contributed by atoms with Crippen molar-refractivity contribution in [3.63, 3.8) is 0 Å². The van der Waals surface area contributed by atoms with Crippen LogP contribution in [-0.2, 0) is 15.8 Å². The van der Waals surface area contributed by atoms with E-state index in [2.05, 4.69) is 46.9 Å². The lowest BCUT2D eigenvalue weighted by atomic mass is 9.69. The summed E-state index contributed by atoms with van der Waals surface area (Å²) in [5, 5.41) is 11.5. The number of carbonyl (C=O) groups is 3. The molecule has 1 unspecified atom stereocenters. The molecular formula is C36H46F3N3O4. The minimum Gasteiger partial charge on any atom is -0.481 e. The fourth-order valence-electron chi connectivity index (χ4n) is 6.60. The number of nitrogens with one attached hydrogen (secondary N) is 1. The number of aliphatic imine (C=N–C) groups is 1. The molecule has 2 aromatic carbocycles. The van der Waals surface area contributed by atoms with E-state index >= 15 is 0 Å². The molecule has 1 spiro atoms. The second kappa shape index (κ2) is 13.2. The molecule has 1 heterocycles. The normalized spacial score (nSPS) is 21.3. The van der Waals surface area contributed by atoms with Crippen molar-refractivity contribution in [2.75, 3.05) is 6.54 Å². The van der Waals surface area contributed by atoms with Gasteiger partial charge in [-0.05, 0) is 85.1 Å². The van der Waals surface area contributed by atoms with Gasteiger partial charge in [0, 0.05) is 17.7 Å². The van der Waals surface area contributed by atoms with E-state index in [-0.39, 0.29) is 41.3 Å². The Labute approximate surface area is 269 Å². The number of hydrogen-bond donors (Lipinski definition) is 2. The van der Waals surface area contributed by atoms with Crippen LogP contribution in [0, 0.1) is 16.7 Å². The molecule has 4 rings (SSSR count). The number of carboxylic acid groups (broad SMARTS) is 1. The third-order valence-electron chi connectivity index (χ3n) is 9.35. The van der Waals surface area contributed by atoms with E-state index in [0.717, 1.165) is 37.0 Å². The van der Waals surface area contributed by atoms with E-state index in [1.165, 1.54) is 12.1 Å². The molecule has 250 valence electrons. The van der Waals surface area contributed by atoms with Crippen LogP contribution < -0.4 is 5.32 Å². The summed E-state index contributed by atoms with van der Waals surface area (Å²) in [6, 6.07) is 11.3. The molecule has 0 bridgehead atoms. The number of halogens is 3. The highest BCUT2D eigenvalue weighted by Gasteiger charge is 2.52. The number of nitrogens with zero attached hydrogens (tertiary/aromatic N) is 2. The van der Waals surface area contributed by atoms with Gasteiger partial charge in [0.25, 0.3) is 11.8 Å². The first-order valence-corrected chi connectivity index (χ1v) is 16.0. The molecule has 0 aromatic heterocycles. The van der Waals surface area contributed by atoms with E-state index in [9.17, 15) is 27.6 Å². The maximum absolute atomic E-state index is 14.5. The first-order valence-electron chi connectivity index (χ1n) is 16.0. The number of alkyl halides is 3. The zero-order valence-electron chi connectivity index (χ0n) is 27.6. The first kappa shape index (κ1) is 35.2. The highest BCUT2D eigenvalue weighted by atomic mass is 19.4. The molecule has 2 N–H and O–H groups in total. The van der Waals surface area contributed by atoms with Crippen molar-refractivity contribution in [1.82, 2.24) is 10.2 Å². The summed E-state index contributed by atoms with van der Waals surface area (Å²) in [7, 11) is 0. The average Bonchev–Trinajstić information content (AvgIpc) is 3.23. The standard InChI is InChI=1S/C36H46F3N3O4/c1-33(2,3)19-17-28(23-7-9-25(10-8-23)31(45)40-22-18-29(43)44)42-32(46)30(24-11-13-27(14-12-24)36(37,38)39)41-35(42)20-15-26(16-21-35)34(4,5)6/h7-14,26,28H,15-22H2,1-6H3,(H,40,45)(H,43,44). The summed E-state index contributed by atoms with van der Waals surface area (Å²) < 4.78 is 40.0. The molecule has 1 aliphatic heterocycles. The minimum atomic E-state index is -4.49.